The third-order valence-corrected chi connectivity index (χ3v) is 4.75. The molecule has 0 unspecified atom stereocenters. The standard InChI is InChI=1S/C19H18ClNO3/c1-12-3-6-14(7-4-12)19(9-10-19)18(23)21-16-11-13(17(22)24-2)5-8-15(16)20/h3-8,11H,9-10H2,1-2H3,(H,21,23). The molecule has 0 saturated heterocycles. The zero-order valence-corrected chi connectivity index (χ0v) is 14.3. The van der Waals surface area contributed by atoms with E-state index in [9.17, 15) is 9.59 Å². The number of halogens is 1. The monoisotopic (exact) mass is 343 g/mol. The minimum Gasteiger partial charge on any atom is -0.465 e. The number of ether oxygens (including phenoxy) is 1. The molecule has 1 aliphatic rings. The minimum atomic E-state index is -0.502. The van der Waals surface area contributed by atoms with Gasteiger partial charge in [-0.1, -0.05) is 41.4 Å². The Bertz CT molecular complexity index is 795. The number of methoxy groups -OCH3 is 1. The lowest BCUT2D eigenvalue weighted by Crippen LogP contribution is -2.28. The van der Waals surface area contributed by atoms with Gasteiger partial charge >= 0.3 is 5.97 Å². The second-order valence-electron chi connectivity index (χ2n) is 6.09. The number of nitrogens with one attached hydrogen (secondary N) is 1. The number of rotatable bonds is 4. The Morgan fingerprint density at radius 2 is 1.79 bits per heavy atom. The summed E-state index contributed by atoms with van der Waals surface area (Å²) in [4.78, 5) is 24.4. The normalized spacial score (nSPS) is 14.8. The number of carbonyl (C=O) groups is 2. The van der Waals surface area contributed by atoms with Gasteiger partial charge in [0.2, 0.25) is 5.91 Å². The number of anilines is 1. The van der Waals surface area contributed by atoms with Crippen molar-refractivity contribution in [1.82, 2.24) is 0 Å². The van der Waals surface area contributed by atoms with Gasteiger partial charge in [0.05, 0.1) is 28.8 Å². The number of hydrogen-bond acceptors (Lipinski definition) is 3. The molecule has 4 nitrogen and oxygen atoms in total. The van der Waals surface area contributed by atoms with E-state index >= 15 is 0 Å². The quantitative estimate of drug-likeness (QED) is 0.850. The van der Waals surface area contributed by atoms with E-state index in [1.54, 1.807) is 12.1 Å². The molecule has 1 amide bonds. The first-order valence-corrected chi connectivity index (χ1v) is 8.10. The molecule has 124 valence electrons. The Morgan fingerprint density at radius 3 is 2.38 bits per heavy atom. The summed E-state index contributed by atoms with van der Waals surface area (Å²) < 4.78 is 4.70. The first-order valence-electron chi connectivity index (χ1n) is 7.73. The van der Waals surface area contributed by atoms with E-state index in [2.05, 4.69) is 5.32 Å². The SMILES string of the molecule is COC(=O)c1ccc(Cl)c(NC(=O)C2(c3ccc(C)cc3)CC2)c1. The maximum atomic E-state index is 12.8. The van der Waals surface area contributed by atoms with Crippen molar-refractivity contribution in [3.8, 4) is 0 Å². The zero-order valence-electron chi connectivity index (χ0n) is 13.6. The molecule has 2 aromatic rings. The molecule has 0 atom stereocenters. The highest BCUT2D eigenvalue weighted by Crippen LogP contribution is 2.49. The number of hydrogen-bond donors (Lipinski definition) is 1. The first-order chi connectivity index (χ1) is 11.5. The minimum absolute atomic E-state index is 0.102. The summed E-state index contributed by atoms with van der Waals surface area (Å²) in [6.07, 6.45) is 1.60. The van der Waals surface area contributed by atoms with Crippen LogP contribution in [0.5, 0.6) is 0 Å². The molecule has 5 heteroatoms. The predicted octanol–water partition coefficient (Wildman–Crippen LogP) is 4.11. The van der Waals surface area contributed by atoms with Crippen LogP contribution in [-0.2, 0) is 14.9 Å². The topological polar surface area (TPSA) is 55.4 Å². The molecule has 0 spiro atoms. The smallest absolute Gasteiger partial charge is 0.337 e. The van der Waals surface area contributed by atoms with Gasteiger partial charge in [0.15, 0.2) is 0 Å². The molecule has 0 aliphatic heterocycles. The maximum Gasteiger partial charge on any atom is 0.337 e. The Labute approximate surface area is 145 Å². The summed E-state index contributed by atoms with van der Waals surface area (Å²) in [5.41, 5.74) is 2.42. The summed E-state index contributed by atoms with van der Waals surface area (Å²) in [6, 6.07) is 12.7. The zero-order chi connectivity index (χ0) is 17.3. The summed E-state index contributed by atoms with van der Waals surface area (Å²) >= 11 is 6.16. The molecule has 24 heavy (non-hydrogen) atoms. The van der Waals surface area contributed by atoms with Crippen molar-refractivity contribution in [2.45, 2.75) is 25.2 Å². The number of benzene rings is 2. The molecule has 0 heterocycles. The molecule has 0 bridgehead atoms. The van der Waals surface area contributed by atoms with Crippen molar-refractivity contribution >= 4 is 29.2 Å². The predicted molar refractivity (Wildman–Crippen MR) is 93.5 cm³/mol. The van der Waals surface area contributed by atoms with E-state index in [-0.39, 0.29) is 5.91 Å². The van der Waals surface area contributed by atoms with Gasteiger partial charge in [-0.25, -0.2) is 4.79 Å². The average molecular weight is 344 g/mol. The van der Waals surface area contributed by atoms with Crippen molar-refractivity contribution in [3.63, 3.8) is 0 Å². The summed E-state index contributed by atoms with van der Waals surface area (Å²) in [5, 5.41) is 3.25. The van der Waals surface area contributed by atoms with Crippen molar-refractivity contribution < 1.29 is 14.3 Å². The van der Waals surface area contributed by atoms with Gasteiger partial charge < -0.3 is 10.1 Å². The van der Waals surface area contributed by atoms with E-state index in [0.29, 0.717) is 16.3 Å². The van der Waals surface area contributed by atoms with E-state index in [1.807, 2.05) is 31.2 Å². The summed E-state index contributed by atoms with van der Waals surface area (Å²) in [7, 11) is 1.31. The lowest BCUT2D eigenvalue weighted by molar-refractivity contribution is -0.118. The Hall–Kier alpha value is -2.33. The third kappa shape index (κ3) is 3.02. The summed E-state index contributed by atoms with van der Waals surface area (Å²) in [5.74, 6) is -0.572. The van der Waals surface area contributed by atoms with Gasteiger partial charge in [0.25, 0.3) is 0 Å². The number of carbonyl (C=O) groups excluding carboxylic acids is 2. The fourth-order valence-corrected chi connectivity index (χ4v) is 2.92. The molecular weight excluding hydrogens is 326 g/mol. The largest absolute Gasteiger partial charge is 0.465 e. The molecule has 2 aromatic carbocycles. The summed E-state index contributed by atoms with van der Waals surface area (Å²) in [6.45, 7) is 2.02. The second kappa shape index (κ2) is 6.29. The van der Waals surface area contributed by atoms with Crippen LogP contribution in [0, 0.1) is 6.92 Å². The van der Waals surface area contributed by atoms with Gasteiger partial charge in [0, 0.05) is 0 Å². The molecule has 0 aromatic heterocycles. The lowest BCUT2D eigenvalue weighted by atomic mass is 9.94. The van der Waals surface area contributed by atoms with Gasteiger partial charge in [-0.3, -0.25) is 4.79 Å². The molecule has 1 fully saturated rings. The second-order valence-corrected chi connectivity index (χ2v) is 6.50. The van der Waals surface area contributed by atoms with Crippen molar-refractivity contribution in [3.05, 3.63) is 64.2 Å². The number of esters is 1. The van der Waals surface area contributed by atoms with Crippen molar-refractivity contribution in [2.75, 3.05) is 12.4 Å². The molecule has 1 aliphatic carbocycles. The highest BCUT2D eigenvalue weighted by molar-refractivity contribution is 6.34. The van der Waals surface area contributed by atoms with E-state index in [0.717, 1.165) is 24.0 Å². The molecule has 0 radical (unpaired) electrons. The highest BCUT2D eigenvalue weighted by Gasteiger charge is 2.51. The lowest BCUT2D eigenvalue weighted by Gasteiger charge is -2.17. The number of amides is 1. The van der Waals surface area contributed by atoms with Crippen LogP contribution in [0.3, 0.4) is 0 Å². The number of aryl methyl sites for hydroxylation is 1. The fourth-order valence-electron chi connectivity index (χ4n) is 2.75. The van der Waals surface area contributed by atoms with Crippen molar-refractivity contribution in [1.29, 1.82) is 0 Å². The van der Waals surface area contributed by atoms with Crippen LogP contribution < -0.4 is 5.32 Å². The Balaban J connectivity index is 1.85. The van der Waals surface area contributed by atoms with Crippen LogP contribution in [0.2, 0.25) is 5.02 Å². The molecular formula is C19H18ClNO3. The molecule has 3 rings (SSSR count). The average Bonchev–Trinajstić information content (AvgIpc) is 3.38. The van der Waals surface area contributed by atoms with Crippen LogP contribution in [0.4, 0.5) is 5.69 Å². The van der Waals surface area contributed by atoms with Gasteiger partial charge in [0.1, 0.15) is 0 Å². The van der Waals surface area contributed by atoms with Crippen LogP contribution in [0.15, 0.2) is 42.5 Å². The Kier molecular flexibility index (Phi) is 4.33. The van der Waals surface area contributed by atoms with Crippen molar-refractivity contribution in [2.24, 2.45) is 0 Å². The van der Waals surface area contributed by atoms with Crippen LogP contribution in [-0.4, -0.2) is 19.0 Å². The van der Waals surface area contributed by atoms with Gasteiger partial charge in [-0.15, -0.1) is 0 Å². The fraction of sp³-hybridized carbons (Fsp3) is 0.263. The maximum absolute atomic E-state index is 12.8. The Morgan fingerprint density at radius 1 is 1.12 bits per heavy atom. The highest BCUT2D eigenvalue weighted by atomic mass is 35.5. The third-order valence-electron chi connectivity index (χ3n) is 4.42. The molecule has 1 saturated carbocycles. The first kappa shape index (κ1) is 16.5. The van der Waals surface area contributed by atoms with Crippen LogP contribution in [0.1, 0.15) is 34.3 Å². The van der Waals surface area contributed by atoms with Gasteiger partial charge in [-0.05, 0) is 43.5 Å². The van der Waals surface area contributed by atoms with E-state index in [1.165, 1.54) is 13.2 Å². The molecule has 1 N–H and O–H groups in total. The van der Waals surface area contributed by atoms with Crippen LogP contribution in [0.25, 0.3) is 0 Å². The van der Waals surface area contributed by atoms with E-state index in [4.69, 9.17) is 16.3 Å². The van der Waals surface area contributed by atoms with Gasteiger partial charge in [-0.2, -0.15) is 0 Å². The van der Waals surface area contributed by atoms with Crippen LogP contribution >= 0.6 is 11.6 Å². The van der Waals surface area contributed by atoms with E-state index < -0.39 is 11.4 Å².